The molecule has 0 aliphatic rings. The number of nitrogens with two attached hydrogens (primary N) is 1. The Morgan fingerprint density at radius 3 is 3.06 bits per heavy atom. The van der Waals surface area contributed by atoms with E-state index in [0.717, 1.165) is 16.3 Å². The molecule has 1 atom stereocenters. The van der Waals surface area contributed by atoms with E-state index < -0.39 is 6.04 Å². The number of nitrogens with one attached hydrogen (secondary N) is 1. The summed E-state index contributed by atoms with van der Waals surface area (Å²) in [6.45, 7) is 2.47. The van der Waals surface area contributed by atoms with Crippen LogP contribution >= 0.6 is 23.1 Å². The molecule has 0 fully saturated rings. The van der Waals surface area contributed by atoms with Crippen LogP contribution in [0.3, 0.4) is 0 Å². The van der Waals surface area contributed by atoms with Crippen molar-refractivity contribution in [3.63, 3.8) is 0 Å². The molecular weight excluding hydrogens is 242 g/mol. The Labute approximate surface area is 104 Å². The van der Waals surface area contributed by atoms with Crippen molar-refractivity contribution in [1.29, 1.82) is 0 Å². The summed E-state index contributed by atoms with van der Waals surface area (Å²) in [5.41, 5.74) is 8.50. The molecule has 0 bridgehead atoms. The smallest absolute Gasteiger partial charge is 0.237 e. The van der Waals surface area contributed by atoms with Crippen LogP contribution in [0, 0.1) is 6.92 Å². The van der Waals surface area contributed by atoms with Gasteiger partial charge in [0.25, 0.3) is 0 Å². The molecule has 1 rings (SSSR count). The highest BCUT2D eigenvalue weighted by Crippen LogP contribution is 2.11. The fraction of sp³-hybridized carbons (Fsp3) is 0.600. The van der Waals surface area contributed by atoms with Gasteiger partial charge in [-0.1, -0.05) is 0 Å². The number of carbonyl (C=O) groups excluding carboxylic acids is 1. The van der Waals surface area contributed by atoms with Gasteiger partial charge < -0.3 is 11.1 Å². The van der Waals surface area contributed by atoms with E-state index in [1.54, 1.807) is 28.6 Å². The highest BCUT2D eigenvalue weighted by molar-refractivity contribution is 7.98. The Morgan fingerprint density at radius 2 is 2.50 bits per heavy atom. The summed E-state index contributed by atoms with van der Waals surface area (Å²) in [7, 11) is 0. The minimum Gasteiger partial charge on any atom is -0.350 e. The summed E-state index contributed by atoms with van der Waals surface area (Å²) in [6, 6.07) is -0.402. The average Bonchev–Trinajstić information content (AvgIpc) is 2.68. The topological polar surface area (TPSA) is 68.0 Å². The lowest BCUT2D eigenvalue weighted by molar-refractivity contribution is -0.122. The van der Waals surface area contributed by atoms with Crippen molar-refractivity contribution in [2.45, 2.75) is 25.9 Å². The lowest BCUT2D eigenvalue weighted by Gasteiger charge is -2.10. The van der Waals surface area contributed by atoms with Gasteiger partial charge in [-0.25, -0.2) is 4.98 Å². The Morgan fingerprint density at radius 1 is 1.75 bits per heavy atom. The van der Waals surface area contributed by atoms with Gasteiger partial charge >= 0.3 is 0 Å². The molecule has 1 amide bonds. The van der Waals surface area contributed by atoms with E-state index in [2.05, 4.69) is 10.3 Å². The maximum atomic E-state index is 11.6. The van der Waals surface area contributed by atoms with Gasteiger partial charge in [-0.3, -0.25) is 4.79 Å². The van der Waals surface area contributed by atoms with Crippen LogP contribution in [-0.2, 0) is 11.3 Å². The molecule has 0 saturated heterocycles. The van der Waals surface area contributed by atoms with Crippen LogP contribution in [0.1, 0.15) is 17.0 Å². The maximum absolute atomic E-state index is 11.6. The van der Waals surface area contributed by atoms with E-state index in [4.69, 9.17) is 5.73 Å². The molecule has 6 heteroatoms. The number of thioether (sulfide) groups is 1. The highest BCUT2D eigenvalue weighted by Gasteiger charge is 2.13. The quantitative estimate of drug-likeness (QED) is 0.804. The largest absolute Gasteiger partial charge is 0.350 e. The van der Waals surface area contributed by atoms with Crippen LogP contribution in [0.25, 0.3) is 0 Å². The van der Waals surface area contributed by atoms with Gasteiger partial charge in [0, 0.05) is 4.88 Å². The number of nitrogens with zero attached hydrogens (tertiary/aromatic N) is 1. The molecule has 1 heterocycles. The van der Waals surface area contributed by atoms with Crippen LogP contribution in [-0.4, -0.2) is 28.9 Å². The average molecular weight is 259 g/mol. The minimum absolute atomic E-state index is 0.0816. The van der Waals surface area contributed by atoms with E-state index in [0.29, 0.717) is 13.0 Å². The lowest BCUT2D eigenvalue weighted by atomic mass is 10.2. The normalized spacial score (nSPS) is 12.4. The number of hydrogen-bond acceptors (Lipinski definition) is 5. The molecule has 16 heavy (non-hydrogen) atoms. The first-order valence-electron chi connectivity index (χ1n) is 5.06. The molecule has 90 valence electrons. The minimum atomic E-state index is -0.402. The Hall–Kier alpha value is -0.590. The monoisotopic (exact) mass is 259 g/mol. The van der Waals surface area contributed by atoms with Crippen molar-refractivity contribution >= 4 is 29.0 Å². The highest BCUT2D eigenvalue weighted by atomic mass is 32.2. The number of hydrogen-bond donors (Lipinski definition) is 2. The molecule has 0 spiro atoms. The van der Waals surface area contributed by atoms with Gasteiger partial charge in [0.15, 0.2) is 0 Å². The maximum Gasteiger partial charge on any atom is 0.237 e. The summed E-state index contributed by atoms with van der Waals surface area (Å²) in [6.07, 6.45) is 2.72. The van der Waals surface area contributed by atoms with Crippen LogP contribution in [0.4, 0.5) is 0 Å². The first-order chi connectivity index (χ1) is 7.65. The number of rotatable bonds is 6. The molecule has 4 nitrogen and oxygen atoms in total. The second-order valence-electron chi connectivity index (χ2n) is 3.47. The van der Waals surface area contributed by atoms with E-state index in [-0.39, 0.29) is 5.91 Å². The summed E-state index contributed by atoms with van der Waals surface area (Å²) < 4.78 is 0. The molecule has 1 aromatic heterocycles. The second-order valence-corrected chi connectivity index (χ2v) is 5.39. The molecule has 0 radical (unpaired) electrons. The van der Waals surface area contributed by atoms with Gasteiger partial charge in [-0.2, -0.15) is 11.8 Å². The molecular formula is C10H17N3OS2. The molecule has 0 aliphatic heterocycles. The molecule has 0 unspecified atom stereocenters. The summed E-state index contributed by atoms with van der Waals surface area (Å²) >= 11 is 3.25. The van der Waals surface area contributed by atoms with Crippen molar-refractivity contribution in [3.8, 4) is 0 Å². The summed E-state index contributed by atoms with van der Waals surface area (Å²) in [5.74, 6) is 0.829. The SMILES string of the molecule is CSCC[C@@H](N)C(=O)NCc1scnc1C. The van der Waals surface area contributed by atoms with Gasteiger partial charge in [0.1, 0.15) is 0 Å². The number of amides is 1. The predicted octanol–water partition coefficient (Wildman–Crippen LogP) is 1.15. The zero-order valence-electron chi connectivity index (χ0n) is 9.53. The second kappa shape index (κ2) is 6.88. The van der Waals surface area contributed by atoms with Crippen molar-refractivity contribution in [2.24, 2.45) is 5.73 Å². The van der Waals surface area contributed by atoms with Gasteiger partial charge in [-0.05, 0) is 25.4 Å². The van der Waals surface area contributed by atoms with E-state index in [9.17, 15) is 4.79 Å². The van der Waals surface area contributed by atoms with Crippen LogP contribution in [0.2, 0.25) is 0 Å². The molecule has 0 aliphatic carbocycles. The predicted molar refractivity (Wildman–Crippen MR) is 69.7 cm³/mol. The standard InChI is InChI=1S/C10H17N3OS2/c1-7-9(16-6-13-7)5-12-10(14)8(11)3-4-15-2/h6,8H,3-5,11H2,1-2H3,(H,12,14)/t8-/m1/s1. The third kappa shape index (κ3) is 4.11. The van der Waals surface area contributed by atoms with Crippen LogP contribution in [0.5, 0.6) is 0 Å². The van der Waals surface area contributed by atoms with Gasteiger partial charge in [-0.15, -0.1) is 11.3 Å². The fourth-order valence-corrected chi connectivity index (χ4v) is 2.38. The number of aromatic nitrogens is 1. The molecule has 0 saturated carbocycles. The summed E-state index contributed by atoms with van der Waals surface area (Å²) in [5, 5.41) is 2.83. The first kappa shape index (κ1) is 13.5. The van der Waals surface area contributed by atoms with E-state index >= 15 is 0 Å². The number of aryl methyl sites for hydroxylation is 1. The Balaban J connectivity index is 2.32. The molecule has 1 aromatic rings. The summed E-state index contributed by atoms with van der Waals surface area (Å²) in [4.78, 5) is 16.8. The number of carbonyl (C=O) groups is 1. The number of thiazole rings is 1. The lowest BCUT2D eigenvalue weighted by Crippen LogP contribution is -2.40. The molecule has 0 aromatic carbocycles. The van der Waals surface area contributed by atoms with Crippen molar-refractivity contribution in [2.75, 3.05) is 12.0 Å². The van der Waals surface area contributed by atoms with Crippen LogP contribution < -0.4 is 11.1 Å². The van der Waals surface area contributed by atoms with E-state index in [1.807, 2.05) is 13.2 Å². The zero-order chi connectivity index (χ0) is 12.0. The van der Waals surface area contributed by atoms with Crippen molar-refractivity contribution < 1.29 is 4.79 Å². The van der Waals surface area contributed by atoms with Gasteiger partial charge in [0.05, 0.1) is 23.8 Å². The first-order valence-corrected chi connectivity index (χ1v) is 7.33. The Kier molecular flexibility index (Phi) is 5.79. The van der Waals surface area contributed by atoms with E-state index in [1.165, 1.54) is 0 Å². The fourth-order valence-electron chi connectivity index (χ4n) is 1.17. The zero-order valence-corrected chi connectivity index (χ0v) is 11.2. The van der Waals surface area contributed by atoms with Crippen molar-refractivity contribution in [3.05, 3.63) is 16.1 Å². The molecule has 3 N–H and O–H groups in total. The third-order valence-electron chi connectivity index (χ3n) is 2.24. The van der Waals surface area contributed by atoms with Crippen LogP contribution in [0.15, 0.2) is 5.51 Å². The third-order valence-corrected chi connectivity index (χ3v) is 3.82. The van der Waals surface area contributed by atoms with Gasteiger partial charge in [0.2, 0.25) is 5.91 Å². The van der Waals surface area contributed by atoms with Crippen molar-refractivity contribution in [1.82, 2.24) is 10.3 Å². The Bertz CT molecular complexity index is 341.